The fourth-order valence-corrected chi connectivity index (χ4v) is 4.98. The number of amides is 1. The Morgan fingerprint density at radius 3 is 2.89 bits per heavy atom. The van der Waals surface area contributed by atoms with Crippen LogP contribution in [0.5, 0.6) is 5.75 Å². The zero-order valence-corrected chi connectivity index (χ0v) is 21.2. The molecule has 2 aliphatic rings. The molecule has 3 aromatic rings. The predicted molar refractivity (Wildman–Crippen MR) is 142 cm³/mol. The number of carbonyl (C=O) groups is 1. The Morgan fingerprint density at radius 1 is 1.22 bits per heavy atom. The molecule has 1 aliphatic heterocycles. The number of hydrogen-bond acceptors (Lipinski definition) is 8. The quantitative estimate of drug-likeness (QED) is 0.409. The Labute approximate surface area is 217 Å². The molecule has 2 aromatic carbocycles. The smallest absolute Gasteiger partial charge is 0.273 e. The van der Waals surface area contributed by atoms with Crippen LogP contribution in [0.25, 0.3) is 11.3 Å². The highest BCUT2D eigenvalue weighted by atomic mass is 16.5. The van der Waals surface area contributed by atoms with E-state index in [4.69, 9.17) is 15.2 Å². The number of nitrogens with one attached hydrogen (secondary N) is 2. The number of benzene rings is 2. The maximum absolute atomic E-state index is 12.1. The number of nitrogens with two attached hydrogens (primary N) is 1. The number of nitrogens with zero attached hydrogens (tertiary/aromatic N) is 3. The molecule has 1 aliphatic carbocycles. The number of fused-ring (bicyclic) bond motifs is 1. The van der Waals surface area contributed by atoms with Gasteiger partial charge < -0.3 is 25.8 Å². The topological polar surface area (TPSA) is 115 Å². The van der Waals surface area contributed by atoms with Gasteiger partial charge in [0.2, 0.25) is 0 Å². The first-order valence-corrected chi connectivity index (χ1v) is 12.8. The van der Waals surface area contributed by atoms with E-state index < -0.39 is 0 Å². The maximum atomic E-state index is 12.1. The van der Waals surface area contributed by atoms with Gasteiger partial charge in [-0.25, -0.2) is 9.97 Å². The van der Waals surface area contributed by atoms with Gasteiger partial charge in [0.05, 0.1) is 25.1 Å². The number of rotatable bonds is 9. The molecule has 2 heterocycles. The molecular formula is C28H34N6O3. The molecule has 0 saturated carbocycles. The van der Waals surface area contributed by atoms with Crippen molar-refractivity contribution in [1.82, 2.24) is 25.5 Å². The minimum absolute atomic E-state index is 0.116. The summed E-state index contributed by atoms with van der Waals surface area (Å²) in [7, 11) is 1.55. The lowest BCUT2D eigenvalue weighted by molar-refractivity contribution is 0.0322. The van der Waals surface area contributed by atoms with Crippen molar-refractivity contribution in [2.75, 3.05) is 52.2 Å². The van der Waals surface area contributed by atoms with Crippen LogP contribution in [0.4, 0.5) is 5.82 Å². The average Bonchev–Trinajstić information content (AvgIpc) is 3.36. The summed E-state index contributed by atoms with van der Waals surface area (Å²) < 4.78 is 11.6. The monoisotopic (exact) mass is 502 g/mol. The van der Waals surface area contributed by atoms with Crippen molar-refractivity contribution in [2.24, 2.45) is 0 Å². The highest BCUT2D eigenvalue weighted by Gasteiger charge is 2.25. The van der Waals surface area contributed by atoms with Crippen molar-refractivity contribution in [3.8, 4) is 17.0 Å². The first-order chi connectivity index (χ1) is 18.1. The van der Waals surface area contributed by atoms with Gasteiger partial charge in [-0.2, -0.15) is 0 Å². The highest BCUT2D eigenvalue weighted by Crippen LogP contribution is 2.37. The lowest BCUT2D eigenvalue weighted by Gasteiger charge is -2.26. The van der Waals surface area contributed by atoms with Gasteiger partial charge in [-0.1, -0.05) is 30.3 Å². The van der Waals surface area contributed by atoms with Crippen molar-refractivity contribution in [3.63, 3.8) is 0 Å². The summed E-state index contributed by atoms with van der Waals surface area (Å²) in [6.07, 6.45) is 3.64. The van der Waals surface area contributed by atoms with Gasteiger partial charge in [-0.05, 0) is 41.7 Å². The predicted octanol–water partition coefficient (Wildman–Crippen LogP) is 2.57. The van der Waals surface area contributed by atoms with E-state index in [0.717, 1.165) is 62.6 Å². The minimum atomic E-state index is -0.353. The van der Waals surface area contributed by atoms with Crippen LogP contribution < -0.4 is 21.1 Å². The largest absolute Gasteiger partial charge is 0.492 e. The van der Waals surface area contributed by atoms with Gasteiger partial charge in [0.15, 0.2) is 11.5 Å². The number of ether oxygens (including phenoxy) is 2. The normalized spacial score (nSPS) is 17.4. The third kappa shape index (κ3) is 5.90. The van der Waals surface area contributed by atoms with Crippen molar-refractivity contribution >= 4 is 11.7 Å². The molecule has 5 rings (SSSR count). The zero-order valence-electron chi connectivity index (χ0n) is 21.2. The van der Waals surface area contributed by atoms with E-state index in [2.05, 4.69) is 55.8 Å². The molecule has 1 saturated heterocycles. The minimum Gasteiger partial charge on any atom is -0.492 e. The van der Waals surface area contributed by atoms with Gasteiger partial charge in [0, 0.05) is 44.8 Å². The molecule has 1 fully saturated rings. The van der Waals surface area contributed by atoms with Gasteiger partial charge in [0.1, 0.15) is 12.4 Å². The lowest BCUT2D eigenvalue weighted by atomic mass is 10.1. The second kappa shape index (κ2) is 11.7. The van der Waals surface area contributed by atoms with Crippen LogP contribution in [0.3, 0.4) is 0 Å². The van der Waals surface area contributed by atoms with E-state index in [1.165, 1.54) is 11.1 Å². The summed E-state index contributed by atoms with van der Waals surface area (Å²) in [5.74, 6) is 0.769. The lowest BCUT2D eigenvalue weighted by Crippen LogP contribution is -2.38. The van der Waals surface area contributed by atoms with Crippen LogP contribution in [0.15, 0.2) is 48.7 Å². The van der Waals surface area contributed by atoms with Crippen molar-refractivity contribution in [2.45, 2.75) is 25.4 Å². The molecular weight excluding hydrogens is 468 g/mol. The molecule has 0 radical (unpaired) electrons. The van der Waals surface area contributed by atoms with E-state index in [-0.39, 0.29) is 23.5 Å². The van der Waals surface area contributed by atoms with E-state index >= 15 is 0 Å². The Hall–Kier alpha value is -3.53. The van der Waals surface area contributed by atoms with Crippen LogP contribution in [0, 0.1) is 0 Å². The molecule has 1 unspecified atom stereocenters. The van der Waals surface area contributed by atoms with Gasteiger partial charge in [0.25, 0.3) is 5.91 Å². The Bertz CT molecular complexity index is 1240. The summed E-state index contributed by atoms with van der Waals surface area (Å²) >= 11 is 0. The molecule has 1 amide bonds. The molecule has 37 heavy (non-hydrogen) atoms. The van der Waals surface area contributed by atoms with Crippen molar-refractivity contribution < 1.29 is 14.3 Å². The fraction of sp³-hybridized carbons (Fsp3) is 0.393. The SMILES string of the molecule is CNC(=O)c1nc(-c2cccc(CNC3CCc4c(OCCN5CCOCC5)cccc43)c2)cnc1N. The molecule has 1 aromatic heterocycles. The van der Waals surface area contributed by atoms with Crippen molar-refractivity contribution in [1.29, 1.82) is 0 Å². The molecule has 9 heteroatoms. The summed E-state index contributed by atoms with van der Waals surface area (Å²) in [6, 6.07) is 14.8. The number of aromatic nitrogens is 2. The third-order valence-corrected chi connectivity index (χ3v) is 7.01. The van der Waals surface area contributed by atoms with Crippen LogP contribution in [0.1, 0.15) is 39.6 Å². The number of carbonyl (C=O) groups excluding carboxylic acids is 1. The van der Waals surface area contributed by atoms with E-state index in [1.54, 1.807) is 13.2 Å². The first-order valence-electron chi connectivity index (χ1n) is 12.8. The maximum Gasteiger partial charge on any atom is 0.273 e. The first kappa shape index (κ1) is 25.1. The highest BCUT2D eigenvalue weighted by molar-refractivity contribution is 5.96. The zero-order chi connectivity index (χ0) is 25.6. The molecule has 9 nitrogen and oxygen atoms in total. The Balaban J connectivity index is 1.22. The molecule has 4 N–H and O–H groups in total. The second-order valence-corrected chi connectivity index (χ2v) is 9.37. The molecule has 1 atom stereocenters. The summed E-state index contributed by atoms with van der Waals surface area (Å²) in [5, 5.41) is 6.27. The molecule has 194 valence electrons. The van der Waals surface area contributed by atoms with Gasteiger partial charge in [-0.3, -0.25) is 9.69 Å². The molecule has 0 bridgehead atoms. The van der Waals surface area contributed by atoms with Crippen LogP contribution in [0.2, 0.25) is 0 Å². The number of nitrogen functional groups attached to an aromatic ring is 1. The standard InChI is InChI=1S/C28H34N6O3/c1-30-28(35)26-27(29)32-18-24(33-26)20-5-2-4-19(16-20)17-31-23-9-8-22-21(23)6-3-7-25(22)37-15-12-34-10-13-36-14-11-34/h2-7,16,18,23,31H,8-15,17H2,1H3,(H2,29,32)(H,30,35). The van der Waals surface area contributed by atoms with E-state index in [1.807, 2.05) is 12.1 Å². The summed E-state index contributed by atoms with van der Waals surface area (Å²) in [6.45, 7) is 5.89. The number of morpholine rings is 1. The van der Waals surface area contributed by atoms with E-state index in [9.17, 15) is 4.79 Å². The number of anilines is 1. The summed E-state index contributed by atoms with van der Waals surface area (Å²) in [5.41, 5.74) is 11.2. The second-order valence-electron chi connectivity index (χ2n) is 9.37. The van der Waals surface area contributed by atoms with Gasteiger partial charge >= 0.3 is 0 Å². The Kier molecular flexibility index (Phi) is 7.93. The Morgan fingerprint density at radius 2 is 2.05 bits per heavy atom. The van der Waals surface area contributed by atoms with Gasteiger partial charge in [-0.15, -0.1) is 0 Å². The number of hydrogen-bond donors (Lipinski definition) is 3. The third-order valence-electron chi connectivity index (χ3n) is 7.01. The average molecular weight is 503 g/mol. The van der Waals surface area contributed by atoms with E-state index in [0.29, 0.717) is 18.8 Å². The molecule has 0 spiro atoms. The fourth-order valence-electron chi connectivity index (χ4n) is 4.98. The van der Waals surface area contributed by atoms with Crippen LogP contribution >= 0.6 is 0 Å². The summed E-state index contributed by atoms with van der Waals surface area (Å²) in [4.78, 5) is 23.1. The van der Waals surface area contributed by atoms with Crippen molar-refractivity contribution in [3.05, 3.63) is 71.0 Å². The van der Waals surface area contributed by atoms with Crippen LogP contribution in [-0.4, -0.2) is 67.3 Å². The van der Waals surface area contributed by atoms with Crippen LogP contribution in [-0.2, 0) is 17.7 Å².